The van der Waals surface area contributed by atoms with Gasteiger partial charge in [0.05, 0.1) is 22.8 Å². The molecule has 0 N–H and O–H groups in total. The van der Waals surface area contributed by atoms with Crippen molar-refractivity contribution < 1.29 is 0 Å². The van der Waals surface area contributed by atoms with Crippen molar-refractivity contribution >= 4 is 66.5 Å². The number of hydrogen-bond donors (Lipinski definition) is 0. The van der Waals surface area contributed by atoms with E-state index in [9.17, 15) is 0 Å². The zero-order chi connectivity index (χ0) is 23.8. The van der Waals surface area contributed by atoms with Gasteiger partial charge in [0.1, 0.15) is 0 Å². The van der Waals surface area contributed by atoms with E-state index in [1.165, 1.54) is 32.3 Å². The van der Waals surface area contributed by atoms with Gasteiger partial charge < -0.3 is 0 Å². The second kappa shape index (κ2) is 8.94. The second-order valence-corrected chi connectivity index (χ2v) is 9.81. The monoisotopic (exact) mass is 468 g/mol. The zero-order valence-corrected chi connectivity index (χ0v) is 20.5. The summed E-state index contributed by atoms with van der Waals surface area (Å²) >= 11 is 1.74. The van der Waals surface area contributed by atoms with E-state index in [-0.39, 0.29) is 0 Å². The summed E-state index contributed by atoms with van der Waals surface area (Å²) in [4.78, 5) is 12.5. The second-order valence-electron chi connectivity index (χ2n) is 8.72. The molecule has 6 rings (SSSR count). The largest absolute Gasteiger partial charge is 0.252 e. The van der Waals surface area contributed by atoms with Crippen LogP contribution in [0.15, 0.2) is 119 Å². The maximum Gasteiger partial charge on any atom is 0.0790 e. The van der Waals surface area contributed by atoms with Gasteiger partial charge in [-0.3, -0.25) is 9.98 Å². The molecule has 35 heavy (non-hydrogen) atoms. The minimum absolute atomic E-state index is 1.00. The first-order chi connectivity index (χ1) is 17.2. The molecular weight excluding hydrogens is 444 g/mol. The highest BCUT2D eigenvalue weighted by molar-refractivity contribution is 7.16. The summed E-state index contributed by atoms with van der Waals surface area (Å²) in [6.45, 7) is 4.19. The van der Waals surface area contributed by atoms with Crippen LogP contribution >= 0.6 is 11.3 Å². The van der Waals surface area contributed by atoms with Gasteiger partial charge in [0.2, 0.25) is 0 Å². The van der Waals surface area contributed by atoms with Crippen LogP contribution < -0.4 is 0 Å². The maximum atomic E-state index is 5.17. The highest BCUT2D eigenvalue weighted by Gasteiger charge is 2.10. The van der Waals surface area contributed by atoms with Crippen molar-refractivity contribution in [3.63, 3.8) is 0 Å². The molecule has 1 heterocycles. The van der Waals surface area contributed by atoms with E-state index in [0.29, 0.717) is 0 Å². The van der Waals surface area contributed by atoms with Crippen LogP contribution in [0.25, 0.3) is 32.3 Å². The van der Waals surface area contributed by atoms with E-state index in [1.807, 2.05) is 0 Å². The SMILES string of the molecule is CC(=Nc1cccc2ccccc12)c1ccc(C(C)=Nc2c3ccccc3cc3ccccc23)s1. The van der Waals surface area contributed by atoms with Crippen LogP contribution in [0.4, 0.5) is 11.4 Å². The van der Waals surface area contributed by atoms with E-state index in [0.717, 1.165) is 32.6 Å². The number of hydrogen-bond acceptors (Lipinski definition) is 3. The molecule has 0 atom stereocenters. The molecule has 0 saturated carbocycles. The van der Waals surface area contributed by atoms with Crippen molar-refractivity contribution in [3.8, 4) is 0 Å². The fraction of sp³-hybridized carbons (Fsp3) is 0.0625. The minimum Gasteiger partial charge on any atom is -0.252 e. The van der Waals surface area contributed by atoms with Crippen molar-refractivity contribution in [2.45, 2.75) is 13.8 Å². The van der Waals surface area contributed by atoms with Crippen LogP contribution in [0.5, 0.6) is 0 Å². The van der Waals surface area contributed by atoms with Crippen molar-refractivity contribution in [3.05, 3.63) is 119 Å². The normalized spacial score (nSPS) is 12.6. The van der Waals surface area contributed by atoms with Crippen molar-refractivity contribution in [2.75, 3.05) is 0 Å². The van der Waals surface area contributed by atoms with Crippen LogP contribution in [0.2, 0.25) is 0 Å². The molecule has 0 aliphatic heterocycles. The third kappa shape index (κ3) is 4.05. The molecule has 0 radical (unpaired) electrons. The molecule has 2 nitrogen and oxygen atoms in total. The first kappa shape index (κ1) is 21.5. The van der Waals surface area contributed by atoms with Gasteiger partial charge in [0.15, 0.2) is 0 Å². The van der Waals surface area contributed by atoms with Gasteiger partial charge in [-0.05, 0) is 54.3 Å². The topological polar surface area (TPSA) is 24.7 Å². The molecule has 0 amide bonds. The highest BCUT2D eigenvalue weighted by Crippen LogP contribution is 2.36. The Morgan fingerprint density at radius 3 is 1.69 bits per heavy atom. The Morgan fingerprint density at radius 1 is 0.514 bits per heavy atom. The van der Waals surface area contributed by atoms with Gasteiger partial charge >= 0.3 is 0 Å². The summed E-state index contributed by atoms with van der Waals surface area (Å²) in [5, 5.41) is 7.16. The Bertz CT molecular complexity index is 1710. The molecule has 0 fully saturated rings. The lowest BCUT2D eigenvalue weighted by Gasteiger charge is -2.09. The van der Waals surface area contributed by atoms with Crippen molar-refractivity contribution in [2.24, 2.45) is 9.98 Å². The number of thiophene rings is 1. The number of fused-ring (bicyclic) bond motifs is 3. The van der Waals surface area contributed by atoms with Crippen LogP contribution in [0, 0.1) is 0 Å². The van der Waals surface area contributed by atoms with E-state index in [1.54, 1.807) is 11.3 Å². The summed E-state index contributed by atoms with van der Waals surface area (Å²) in [5.74, 6) is 0. The molecular formula is C32H24N2S. The van der Waals surface area contributed by atoms with Gasteiger partial charge in [0, 0.05) is 25.9 Å². The molecule has 3 heteroatoms. The van der Waals surface area contributed by atoms with Gasteiger partial charge in [-0.1, -0.05) is 84.9 Å². The van der Waals surface area contributed by atoms with E-state index in [4.69, 9.17) is 9.98 Å². The third-order valence-corrected chi connectivity index (χ3v) is 7.70. The first-order valence-corrected chi connectivity index (χ1v) is 12.6. The molecule has 0 unspecified atom stereocenters. The predicted molar refractivity (Wildman–Crippen MR) is 153 cm³/mol. The molecule has 168 valence electrons. The summed E-state index contributed by atoms with van der Waals surface area (Å²) in [6, 6.07) is 38.2. The number of rotatable bonds is 4. The van der Waals surface area contributed by atoms with Gasteiger partial charge in [-0.15, -0.1) is 11.3 Å². The number of nitrogens with zero attached hydrogens (tertiary/aromatic N) is 2. The number of benzene rings is 5. The Hall–Kier alpha value is -4.08. The first-order valence-electron chi connectivity index (χ1n) is 11.8. The molecule has 0 saturated heterocycles. The Balaban J connectivity index is 1.40. The van der Waals surface area contributed by atoms with Crippen LogP contribution in [-0.4, -0.2) is 11.4 Å². The summed E-state index contributed by atoms with van der Waals surface area (Å²) in [5.41, 5.74) is 4.07. The average molecular weight is 469 g/mol. The highest BCUT2D eigenvalue weighted by atomic mass is 32.1. The van der Waals surface area contributed by atoms with E-state index in [2.05, 4.69) is 123 Å². The third-order valence-electron chi connectivity index (χ3n) is 6.40. The molecule has 6 aromatic rings. The molecule has 0 bridgehead atoms. The fourth-order valence-electron chi connectivity index (χ4n) is 4.60. The average Bonchev–Trinajstić information content (AvgIpc) is 3.40. The summed E-state index contributed by atoms with van der Waals surface area (Å²) < 4.78 is 0. The minimum atomic E-state index is 1.00. The van der Waals surface area contributed by atoms with Crippen LogP contribution in [0.3, 0.4) is 0 Å². The molecule has 5 aromatic carbocycles. The molecule has 0 spiro atoms. The number of aliphatic imine (C=N–C) groups is 2. The standard InChI is InChI=1S/C32H24N2S/c1-21(33-29-17-9-13-23-10-3-6-14-26(23)29)30-18-19-31(35-30)22(2)34-32-27-15-7-4-11-24(27)20-25-12-5-8-16-28(25)32/h3-20H,1-2H3. The predicted octanol–water partition coefficient (Wildman–Crippen LogP) is 9.49. The van der Waals surface area contributed by atoms with Crippen LogP contribution in [0.1, 0.15) is 23.6 Å². The lowest BCUT2D eigenvalue weighted by molar-refractivity contribution is 1.53. The van der Waals surface area contributed by atoms with Crippen LogP contribution in [-0.2, 0) is 0 Å². The fourth-order valence-corrected chi connectivity index (χ4v) is 5.50. The zero-order valence-electron chi connectivity index (χ0n) is 19.7. The Labute approximate surface area is 208 Å². The maximum absolute atomic E-state index is 5.17. The quantitative estimate of drug-likeness (QED) is 0.182. The van der Waals surface area contributed by atoms with Gasteiger partial charge in [0.25, 0.3) is 0 Å². The van der Waals surface area contributed by atoms with Gasteiger partial charge in [-0.2, -0.15) is 0 Å². The van der Waals surface area contributed by atoms with Crippen molar-refractivity contribution in [1.82, 2.24) is 0 Å². The Kier molecular flexibility index (Phi) is 5.48. The summed E-state index contributed by atoms with van der Waals surface area (Å²) in [7, 11) is 0. The molecule has 1 aromatic heterocycles. The lowest BCUT2D eigenvalue weighted by Crippen LogP contribution is -1.91. The van der Waals surface area contributed by atoms with E-state index >= 15 is 0 Å². The molecule has 0 aliphatic carbocycles. The summed E-state index contributed by atoms with van der Waals surface area (Å²) in [6.07, 6.45) is 0. The smallest absolute Gasteiger partial charge is 0.0790 e. The van der Waals surface area contributed by atoms with E-state index < -0.39 is 0 Å². The van der Waals surface area contributed by atoms with Crippen molar-refractivity contribution in [1.29, 1.82) is 0 Å². The Morgan fingerprint density at radius 2 is 1.03 bits per heavy atom. The van der Waals surface area contributed by atoms with Gasteiger partial charge in [-0.25, -0.2) is 0 Å². The molecule has 0 aliphatic rings. The lowest BCUT2D eigenvalue weighted by atomic mass is 10.0.